The molecule has 3 atom stereocenters. The number of hydrogen-bond donors (Lipinski definition) is 1. The Labute approximate surface area is 89.7 Å². The van der Waals surface area contributed by atoms with Gasteiger partial charge in [-0.2, -0.15) is 5.10 Å². The number of rotatable bonds is 1. The van der Waals surface area contributed by atoms with Gasteiger partial charge in [-0.25, -0.2) is 0 Å². The highest BCUT2D eigenvalue weighted by Crippen LogP contribution is 2.34. The first kappa shape index (κ1) is 9.09. The van der Waals surface area contributed by atoms with Gasteiger partial charge in [0.1, 0.15) is 0 Å². The quantitative estimate of drug-likeness (QED) is 0.724. The minimum absolute atomic E-state index is 0.585. The molecular formula is C11H16N4. The molecule has 15 heavy (non-hydrogen) atoms. The van der Waals surface area contributed by atoms with Gasteiger partial charge in [0.15, 0.2) is 5.82 Å². The molecule has 3 heterocycles. The summed E-state index contributed by atoms with van der Waals surface area (Å²) >= 11 is 0. The second kappa shape index (κ2) is 3.45. The zero-order valence-electron chi connectivity index (χ0n) is 8.93. The minimum Gasteiger partial charge on any atom is -0.352 e. The smallest absolute Gasteiger partial charge is 0.151 e. The molecule has 3 rings (SSSR count). The van der Waals surface area contributed by atoms with Crippen molar-refractivity contribution in [1.82, 2.24) is 15.5 Å². The van der Waals surface area contributed by atoms with Gasteiger partial charge in [-0.05, 0) is 30.9 Å². The Morgan fingerprint density at radius 2 is 2.40 bits per heavy atom. The minimum atomic E-state index is 0.585. The average molecular weight is 204 g/mol. The van der Waals surface area contributed by atoms with E-state index in [1.165, 1.54) is 0 Å². The standard InChI is InChI=1S/C11H16N4/c1-8-10-6-12-5-9(10)7-15(8)11-3-2-4-13-14-11/h2-4,8-10,12H,5-7H2,1H3. The molecule has 2 fully saturated rings. The van der Waals surface area contributed by atoms with Crippen molar-refractivity contribution in [2.75, 3.05) is 24.5 Å². The Bertz CT molecular complexity index is 340. The van der Waals surface area contributed by atoms with Crippen LogP contribution in [-0.4, -0.2) is 35.9 Å². The highest BCUT2D eigenvalue weighted by atomic mass is 15.3. The molecule has 4 nitrogen and oxygen atoms in total. The lowest BCUT2D eigenvalue weighted by atomic mass is 9.95. The van der Waals surface area contributed by atoms with Crippen LogP contribution in [0.15, 0.2) is 18.3 Å². The summed E-state index contributed by atoms with van der Waals surface area (Å²) in [7, 11) is 0. The molecule has 1 N–H and O–H groups in total. The molecule has 1 aromatic rings. The molecule has 2 saturated heterocycles. The van der Waals surface area contributed by atoms with Crippen LogP contribution in [0.5, 0.6) is 0 Å². The molecule has 80 valence electrons. The topological polar surface area (TPSA) is 41.0 Å². The number of anilines is 1. The Hall–Kier alpha value is -1.16. The van der Waals surface area contributed by atoms with E-state index in [1.807, 2.05) is 6.07 Å². The summed E-state index contributed by atoms with van der Waals surface area (Å²) in [5, 5.41) is 11.6. The second-order valence-electron chi connectivity index (χ2n) is 4.56. The van der Waals surface area contributed by atoms with E-state index >= 15 is 0 Å². The van der Waals surface area contributed by atoms with Crippen LogP contribution in [0.2, 0.25) is 0 Å². The lowest BCUT2D eigenvalue weighted by molar-refractivity contribution is 0.471. The lowest BCUT2D eigenvalue weighted by Crippen LogP contribution is -2.33. The number of aromatic nitrogens is 2. The van der Waals surface area contributed by atoms with Crippen LogP contribution in [0.1, 0.15) is 6.92 Å². The van der Waals surface area contributed by atoms with Crippen LogP contribution in [0, 0.1) is 11.8 Å². The largest absolute Gasteiger partial charge is 0.352 e. The van der Waals surface area contributed by atoms with E-state index < -0.39 is 0 Å². The fourth-order valence-corrected chi connectivity index (χ4v) is 2.92. The molecule has 0 spiro atoms. The molecule has 0 amide bonds. The van der Waals surface area contributed by atoms with Gasteiger partial charge in [0.25, 0.3) is 0 Å². The summed E-state index contributed by atoms with van der Waals surface area (Å²) in [6.45, 7) is 5.73. The fraction of sp³-hybridized carbons (Fsp3) is 0.636. The van der Waals surface area contributed by atoms with Gasteiger partial charge in [0, 0.05) is 31.9 Å². The monoisotopic (exact) mass is 204 g/mol. The Kier molecular flexibility index (Phi) is 2.09. The van der Waals surface area contributed by atoms with Gasteiger partial charge in [-0.15, -0.1) is 5.10 Å². The third-order valence-electron chi connectivity index (χ3n) is 3.79. The molecular weight excluding hydrogens is 188 g/mol. The van der Waals surface area contributed by atoms with Crippen molar-refractivity contribution in [1.29, 1.82) is 0 Å². The maximum absolute atomic E-state index is 4.19. The number of hydrogen-bond acceptors (Lipinski definition) is 4. The zero-order chi connectivity index (χ0) is 10.3. The van der Waals surface area contributed by atoms with Gasteiger partial charge in [-0.1, -0.05) is 0 Å². The van der Waals surface area contributed by atoms with Crippen molar-refractivity contribution in [3.63, 3.8) is 0 Å². The molecule has 0 saturated carbocycles. The highest BCUT2D eigenvalue weighted by molar-refractivity contribution is 5.40. The first-order valence-corrected chi connectivity index (χ1v) is 5.61. The van der Waals surface area contributed by atoms with Crippen molar-refractivity contribution in [3.05, 3.63) is 18.3 Å². The molecule has 1 aromatic heterocycles. The lowest BCUT2D eigenvalue weighted by Gasteiger charge is -2.24. The summed E-state index contributed by atoms with van der Waals surface area (Å²) in [6, 6.07) is 4.60. The first-order chi connectivity index (χ1) is 7.36. The number of fused-ring (bicyclic) bond motifs is 1. The van der Waals surface area contributed by atoms with Gasteiger partial charge < -0.3 is 10.2 Å². The predicted molar refractivity (Wildman–Crippen MR) is 58.7 cm³/mol. The summed E-state index contributed by atoms with van der Waals surface area (Å²) < 4.78 is 0. The Balaban J connectivity index is 1.85. The molecule has 4 heteroatoms. The SMILES string of the molecule is CC1C2CNCC2CN1c1cccnn1. The number of nitrogens with one attached hydrogen (secondary N) is 1. The van der Waals surface area contributed by atoms with Crippen molar-refractivity contribution < 1.29 is 0 Å². The van der Waals surface area contributed by atoms with Gasteiger partial charge in [0.05, 0.1) is 0 Å². The first-order valence-electron chi connectivity index (χ1n) is 5.61. The zero-order valence-corrected chi connectivity index (χ0v) is 8.93. The third-order valence-corrected chi connectivity index (χ3v) is 3.79. The average Bonchev–Trinajstić information content (AvgIpc) is 2.83. The van der Waals surface area contributed by atoms with E-state index in [1.54, 1.807) is 6.20 Å². The Morgan fingerprint density at radius 1 is 1.47 bits per heavy atom. The summed E-state index contributed by atoms with van der Waals surface area (Å²) in [5.41, 5.74) is 0. The molecule has 2 aliphatic rings. The maximum atomic E-state index is 4.19. The highest BCUT2D eigenvalue weighted by Gasteiger charge is 2.42. The normalized spacial score (nSPS) is 34.5. The second-order valence-corrected chi connectivity index (χ2v) is 4.56. The third kappa shape index (κ3) is 1.40. The molecule has 0 radical (unpaired) electrons. The van der Waals surface area contributed by atoms with Crippen LogP contribution in [0.25, 0.3) is 0 Å². The predicted octanol–water partition coefficient (Wildman–Crippen LogP) is 0.521. The van der Waals surface area contributed by atoms with E-state index in [9.17, 15) is 0 Å². The van der Waals surface area contributed by atoms with Crippen molar-refractivity contribution in [3.8, 4) is 0 Å². The van der Waals surface area contributed by atoms with E-state index in [0.717, 1.165) is 37.3 Å². The van der Waals surface area contributed by atoms with Crippen LogP contribution in [-0.2, 0) is 0 Å². The van der Waals surface area contributed by atoms with E-state index in [2.05, 4.69) is 33.4 Å². The molecule has 0 bridgehead atoms. The van der Waals surface area contributed by atoms with Crippen LogP contribution in [0.3, 0.4) is 0 Å². The number of nitrogens with zero attached hydrogens (tertiary/aromatic N) is 3. The summed E-state index contributed by atoms with van der Waals surface area (Å²) in [4.78, 5) is 2.39. The van der Waals surface area contributed by atoms with E-state index in [4.69, 9.17) is 0 Å². The van der Waals surface area contributed by atoms with E-state index in [-0.39, 0.29) is 0 Å². The molecule has 2 aliphatic heterocycles. The van der Waals surface area contributed by atoms with Crippen molar-refractivity contribution >= 4 is 5.82 Å². The van der Waals surface area contributed by atoms with Gasteiger partial charge in [0.2, 0.25) is 0 Å². The molecule has 3 unspecified atom stereocenters. The van der Waals surface area contributed by atoms with Crippen LogP contribution in [0.4, 0.5) is 5.82 Å². The fourth-order valence-electron chi connectivity index (χ4n) is 2.92. The van der Waals surface area contributed by atoms with Crippen molar-refractivity contribution in [2.45, 2.75) is 13.0 Å². The Morgan fingerprint density at radius 3 is 3.13 bits per heavy atom. The van der Waals surface area contributed by atoms with Gasteiger partial charge >= 0.3 is 0 Å². The van der Waals surface area contributed by atoms with E-state index in [0.29, 0.717) is 6.04 Å². The molecule has 0 aliphatic carbocycles. The van der Waals surface area contributed by atoms with Gasteiger partial charge in [-0.3, -0.25) is 0 Å². The van der Waals surface area contributed by atoms with Crippen molar-refractivity contribution in [2.24, 2.45) is 11.8 Å². The van der Waals surface area contributed by atoms with Crippen LogP contribution < -0.4 is 10.2 Å². The maximum Gasteiger partial charge on any atom is 0.151 e. The molecule has 0 aromatic carbocycles. The van der Waals surface area contributed by atoms with Crippen LogP contribution >= 0.6 is 0 Å². The summed E-state index contributed by atoms with van der Waals surface area (Å²) in [6.07, 6.45) is 1.73. The summed E-state index contributed by atoms with van der Waals surface area (Å²) in [5.74, 6) is 2.61.